The molecular formula is C23H26ClN3O2. The molecule has 5 nitrogen and oxygen atoms in total. The lowest BCUT2D eigenvalue weighted by Gasteiger charge is -2.26. The number of hydrogen-bond donors (Lipinski definition) is 1. The van der Waals surface area contributed by atoms with E-state index in [-0.39, 0.29) is 11.9 Å². The van der Waals surface area contributed by atoms with Gasteiger partial charge in [-0.3, -0.25) is 4.79 Å². The summed E-state index contributed by atoms with van der Waals surface area (Å²) in [5.41, 5.74) is 2.01. The molecule has 0 radical (unpaired) electrons. The average Bonchev–Trinajstić information content (AvgIpc) is 3.19. The summed E-state index contributed by atoms with van der Waals surface area (Å²) in [5, 5.41) is 3.72. The van der Waals surface area contributed by atoms with Gasteiger partial charge in [0.15, 0.2) is 11.7 Å². The molecule has 1 aromatic heterocycles. The highest BCUT2D eigenvalue weighted by molar-refractivity contribution is 6.31. The summed E-state index contributed by atoms with van der Waals surface area (Å²) in [4.78, 5) is 18.7. The summed E-state index contributed by atoms with van der Waals surface area (Å²) in [6.07, 6.45) is 3.46. The molecule has 0 bridgehead atoms. The van der Waals surface area contributed by atoms with Gasteiger partial charge in [-0.05, 0) is 32.1 Å². The van der Waals surface area contributed by atoms with E-state index in [1.54, 1.807) is 6.20 Å². The Morgan fingerprint density at radius 2 is 1.86 bits per heavy atom. The van der Waals surface area contributed by atoms with Crippen molar-refractivity contribution in [2.24, 2.45) is 0 Å². The summed E-state index contributed by atoms with van der Waals surface area (Å²) in [5.74, 6) is 1.41. The number of carbonyl (C=O) groups is 1. The molecule has 0 aliphatic carbocycles. The number of rotatable bonds is 9. The third-order valence-corrected chi connectivity index (χ3v) is 5.13. The first-order valence-corrected chi connectivity index (χ1v) is 10.1. The number of amides is 1. The molecule has 0 aliphatic heterocycles. The van der Waals surface area contributed by atoms with Crippen molar-refractivity contribution in [1.29, 1.82) is 0 Å². The lowest BCUT2D eigenvalue weighted by Crippen LogP contribution is -2.34. The van der Waals surface area contributed by atoms with Crippen molar-refractivity contribution in [1.82, 2.24) is 15.2 Å². The van der Waals surface area contributed by atoms with Crippen LogP contribution >= 0.6 is 11.6 Å². The number of halogens is 1. The van der Waals surface area contributed by atoms with Crippen molar-refractivity contribution < 1.29 is 9.21 Å². The Morgan fingerprint density at radius 3 is 2.59 bits per heavy atom. The molecule has 2 aromatic carbocycles. The minimum absolute atomic E-state index is 0.0127. The van der Waals surface area contributed by atoms with Gasteiger partial charge in [0.2, 0.25) is 5.91 Å². The van der Waals surface area contributed by atoms with Crippen molar-refractivity contribution in [3.8, 4) is 11.3 Å². The van der Waals surface area contributed by atoms with E-state index in [2.05, 4.69) is 15.2 Å². The molecule has 0 saturated carbocycles. The van der Waals surface area contributed by atoms with Crippen LogP contribution in [0.2, 0.25) is 5.02 Å². The van der Waals surface area contributed by atoms with Gasteiger partial charge in [-0.15, -0.1) is 0 Å². The van der Waals surface area contributed by atoms with Crippen LogP contribution in [0.4, 0.5) is 0 Å². The fourth-order valence-corrected chi connectivity index (χ4v) is 3.44. The van der Waals surface area contributed by atoms with Crippen LogP contribution in [0.15, 0.2) is 65.2 Å². The zero-order chi connectivity index (χ0) is 20.6. The first-order chi connectivity index (χ1) is 14.0. The van der Waals surface area contributed by atoms with Crippen molar-refractivity contribution in [3.05, 3.63) is 77.3 Å². The molecule has 29 heavy (non-hydrogen) atoms. The number of hydrogen-bond acceptors (Lipinski definition) is 4. The predicted octanol–water partition coefficient (Wildman–Crippen LogP) is 4.74. The number of aryl methyl sites for hydroxylation is 1. The maximum absolute atomic E-state index is 12.3. The Balaban J connectivity index is 1.46. The van der Waals surface area contributed by atoms with Gasteiger partial charge in [-0.25, -0.2) is 4.98 Å². The van der Waals surface area contributed by atoms with Crippen LogP contribution in [0, 0.1) is 0 Å². The normalized spacial score (nSPS) is 12.1. The summed E-state index contributed by atoms with van der Waals surface area (Å²) in [6.45, 7) is 0.507. The van der Waals surface area contributed by atoms with E-state index < -0.39 is 0 Å². The molecule has 1 unspecified atom stereocenters. The maximum atomic E-state index is 12.3. The standard InChI is InChI=1S/C23H26ClN3O2/c1-27(2)20(18-11-6-7-12-19(18)24)15-25-22(28)13-8-14-23-26-16-21(29-23)17-9-4-3-5-10-17/h3-7,9-12,16,20H,8,13-15H2,1-2H3,(H,25,28). The Kier molecular flexibility index (Phi) is 7.44. The SMILES string of the molecule is CN(C)C(CNC(=O)CCCc1ncc(-c2ccccc2)o1)c1ccccc1Cl. The predicted molar refractivity (Wildman–Crippen MR) is 116 cm³/mol. The van der Waals surface area contributed by atoms with Crippen LogP contribution in [0.3, 0.4) is 0 Å². The van der Waals surface area contributed by atoms with E-state index in [9.17, 15) is 4.79 Å². The van der Waals surface area contributed by atoms with E-state index >= 15 is 0 Å². The van der Waals surface area contributed by atoms with Crippen LogP contribution < -0.4 is 5.32 Å². The van der Waals surface area contributed by atoms with E-state index in [0.717, 1.165) is 16.9 Å². The third-order valence-electron chi connectivity index (χ3n) is 4.79. The second kappa shape index (κ2) is 10.2. The first kappa shape index (κ1) is 21.1. The quantitative estimate of drug-likeness (QED) is 0.552. The molecule has 0 aliphatic rings. The number of likely N-dealkylation sites (N-methyl/N-ethyl adjacent to an activating group) is 1. The van der Waals surface area contributed by atoms with Gasteiger partial charge < -0.3 is 14.6 Å². The topological polar surface area (TPSA) is 58.4 Å². The smallest absolute Gasteiger partial charge is 0.220 e. The van der Waals surface area contributed by atoms with Crippen molar-refractivity contribution in [2.45, 2.75) is 25.3 Å². The molecule has 6 heteroatoms. The molecule has 0 saturated heterocycles. The summed E-state index contributed by atoms with van der Waals surface area (Å²) in [7, 11) is 3.96. The molecule has 1 amide bonds. The van der Waals surface area contributed by atoms with Gasteiger partial charge in [-0.1, -0.05) is 60.1 Å². The van der Waals surface area contributed by atoms with Crippen molar-refractivity contribution in [3.63, 3.8) is 0 Å². The van der Waals surface area contributed by atoms with Gasteiger partial charge in [0, 0.05) is 30.0 Å². The molecule has 3 rings (SSSR count). The van der Waals surface area contributed by atoms with E-state index in [4.69, 9.17) is 16.0 Å². The lowest BCUT2D eigenvalue weighted by molar-refractivity contribution is -0.121. The molecule has 3 aromatic rings. The van der Waals surface area contributed by atoms with Gasteiger partial charge in [-0.2, -0.15) is 0 Å². The number of oxazole rings is 1. The van der Waals surface area contributed by atoms with Gasteiger partial charge in [0.25, 0.3) is 0 Å². The number of benzene rings is 2. The number of nitrogens with one attached hydrogen (secondary N) is 1. The highest BCUT2D eigenvalue weighted by Gasteiger charge is 2.17. The largest absolute Gasteiger partial charge is 0.441 e. The highest BCUT2D eigenvalue weighted by Crippen LogP contribution is 2.25. The molecule has 0 spiro atoms. The number of aromatic nitrogens is 1. The van der Waals surface area contributed by atoms with E-state index in [1.165, 1.54) is 0 Å². The minimum atomic E-state index is 0.0127. The summed E-state index contributed by atoms with van der Waals surface area (Å²) < 4.78 is 5.79. The molecule has 1 heterocycles. The number of nitrogens with zero attached hydrogens (tertiary/aromatic N) is 2. The van der Waals surface area contributed by atoms with Gasteiger partial charge in [0.05, 0.1) is 12.2 Å². The first-order valence-electron chi connectivity index (χ1n) is 9.72. The zero-order valence-corrected chi connectivity index (χ0v) is 17.5. The van der Waals surface area contributed by atoms with Crippen molar-refractivity contribution in [2.75, 3.05) is 20.6 Å². The van der Waals surface area contributed by atoms with Crippen LogP contribution in [-0.4, -0.2) is 36.4 Å². The average molecular weight is 412 g/mol. The second-order valence-electron chi connectivity index (χ2n) is 7.14. The van der Waals surface area contributed by atoms with Crippen LogP contribution in [0.25, 0.3) is 11.3 Å². The van der Waals surface area contributed by atoms with Crippen LogP contribution in [-0.2, 0) is 11.2 Å². The summed E-state index contributed by atoms with van der Waals surface area (Å²) in [6, 6.07) is 17.6. The Labute approximate surface area is 176 Å². The van der Waals surface area contributed by atoms with Gasteiger partial charge in [0.1, 0.15) is 0 Å². The minimum Gasteiger partial charge on any atom is -0.441 e. The zero-order valence-electron chi connectivity index (χ0n) is 16.8. The van der Waals surface area contributed by atoms with Crippen molar-refractivity contribution >= 4 is 17.5 Å². The Hall–Kier alpha value is -2.63. The van der Waals surface area contributed by atoms with Crippen LogP contribution in [0.5, 0.6) is 0 Å². The fraction of sp³-hybridized carbons (Fsp3) is 0.304. The maximum Gasteiger partial charge on any atom is 0.220 e. The van der Waals surface area contributed by atoms with E-state index in [0.29, 0.717) is 36.7 Å². The molecule has 1 N–H and O–H groups in total. The van der Waals surface area contributed by atoms with Gasteiger partial charge >= 0.3 is 0 Å². The number of carbonyl (C=O) groups excluding carboxylic acids is 1. The lowest BCUT2D eigenvalue weighted by atomic mass is 10.1. The van der Waals surface area contributed by atoms with Crippen LogP contribution in [0.1, 0.15) is 30.3 Å². The molecule has 1 atom stereocenters. The molecule has 0 fully saturated rings. The monoisotopic (exact) mass is 411 g/mol. The molecule has 152 valence electrons. The molecular weight excluding hydrogens is 386 g/mol. The summed E-state index contributed by atoms with van der Waals surface area (Å²) >= 11 is 6.32. The highest BCUT2D eigenvalue weighted by atomic mass is 35.5. The Bertz CT molecular complexity index is 925. The Morgan fingerprint density at radius 1 is 1.14 bits per heavy atom. The third kappa shape index (κ3) is 5.92. The van der Waals surface area contributed by atoms with E-state index in [1.807, 2.05) is 68.7 Å². The second-order valence-corrected chi connectivity index (χ2v) is 7.55. The fourth-order valence-electron chi connectivity index (χ4n) is 3.18.